The van der Waals surface area contributed by atoms with Crippen LogP contribution < -0.4 is 10.1 Å². The van der Waals surface area contributed by atoms with E-state index in [9.17, 15) is 5.11 Å². The molecule has 2 atom stereocenters. The van der Waals surface area contributed by atoms with E-state index in [1.165, 1.54) is 4.90 Å². The number of para-hydroxylation sites is 1. The smallest absolute Gasteiger partial charge is 0.138 e. The SMILES string of the molecule is CC(CSc1ccccc1)NCC(O)COc1ccccc1Cl. The van der Waals surface area contributed by atoms with E-state index in [-0.39, 0.29) is 6.61 Å². The highest BCUT2D eigenvalue weighted by Gasteiger charge is 2.09. The first-order valence-electron chi connectivity index (χ1n) is 7.62. The molecule has 0 fully saturated rings. The lowest BCUT2D eigenvalue weighted by Crippen LogP contribution is -2.37. The van der Waals surface area contributed by atoms with Gasteiger partial charge in [-0.1, -0.05) is 41.9 Å². The third-order valence-electron chi connectivity index (χ3n) is 3.21. The number of ether oxygens (including phenoxy) is 1. The molecular formula is C18H22ClNO2S. The van der Waals surface area contributed by atoms with E-state index < -0.39 is 6.10 Å². The third-order valence-corrected chi connectivity index (χ3v) is 4.80. The van der Waals surface area contributed by atoms with Crippen LogP contribution >= 0.6 is 23.4 Å². The predicted octanol–water partition coefficient (Wildman–Crippen LogP) is 3.85. The molecule has 2 unspecified atom stereocenters. The molecule has 2 aromatic carbocycles. The van der Waals surface area contributed by atoms with Gasteiger partial charge in [0, 0.05) is 23.2 Å². The monoisotopic (exact) mass is 351 g/mol. The summed E-state index contributed by atoms with van der Waals surface area (Å²) in [7, 11) is 0. The van der Waals surface area contributed by atoms with E-state index in [1.54, 1.807) is 23.9 Å². The third kappa shape index (κ3) is 6.83. The van der Waals surface area contributed by atoms with Crippen molar-refractivity contribution in [3.8, 4) is 5.75 Å². The summed E-state index contributed by atoms with van der Waals surface area (Å²) in [5, 5.41) is 13.9. The molecule has 0 aliphatic rings. The molecule has 0 aromatic heterocycles. The van der Waals surface area contributed by atoms with Crippen LogP contribution in [-0.2, 0) is 0 Å². The van der Waals surface area contributed by atoms with Crippen LogP contribution in [0.15, 0.2) is 59.5 Å². The van der Waals surface area contributed by atoms with Crippen molar-refractivity contribution in [3.63, 3.8) is 0 Å². The molecule has 0 amide bonds. The second-order valence-corrected chi connectivity index (χ2v) is 6.83. The number of aliphatic hydroxyl groups excluding tert-OH is 1. The number of thioether (sulfide) groups is 1. The van der Waals surface area contributed by atoms with Gasteiger partial charge in [0.25, 0.3) is 0 Å². The summed E-state index contributed by atoms with van der Waals surface area (Å²) in [4.78, 5) is 1.25. The summed E-state index contributed by atoms with van der Waals surface area (Å²) in [5.41, 5.74) is 0. The fraction of sp³-hybridized carbons (Fsp3) is 0.333. The number of halogens is 1. The molecule has 0 aliphatic heterocycles. The lowest BCUT2D eigenvalue weighted by molar-refractivity contribution is 0.105. The van der Waals surface area contributed by atoms with E-state index in [4.69, 9.17) is 16.3 Å². The second kappa shape index (κ2) is 9.83. The van der Waals surface area contributed by atoms with Crippen molar-refractivity contribution in [2.24, 2.45) is 0 Å². The number of nitrogens with one attached hydrogen (secondary N) is 1. The van der Waals surface area contributed by atoms with Gasteiger partial charge < -0.3 is 15.2 Å². The minimum Gasteiger partial charge on any atom is -0.489 e. The minimum absolute atomic E-state index is 0.218. The molecule has 0 bridgehead atoms. The summed E-state index contributed by atoms with van der Waals surface area (Å²) in [6.07, 6.45) is -0.574. The molecule has 2 aromatic rings. The van der Waals surface area contributed by atoms with E-state index in [1.807, 2.05) is 30.3 Å². The number of aliphatic hydroxyl groups is 1. The van der Waals surface area contributed by atoms with Crippen LogP contribution in [0.1, 0.15) is 6.92 Å². The quantitative estimate of drug-likeness (QED) is 0.673. The van der Waals surface area contributed by atoms with Crippen LogP contribution in [0.25, 0.3) is 0 Å². The van der Waals surface area contributed by atoms with Gasteiger partial charge in [0.15, 0.2) is 0 Å². The highest BCUT2D eigenvalue weighted by molar-refractivity contribution is 7.99. The molecular weight excluding hydrogens is 330 g/mol. The van der Waals surface area contributed by atoms with Crippen molar-refractivity contribution in [2.45, 2.75) is 24.0 Å². The van der Waals surface area contributed by atoms with Gasteiger partial charge in [-0.2, -0.15) is 0 Å². The lowest BCUT2D eigenvalue weighted by Gasteiger charge is -2.17. The maximum absolute atomic E-state index is 10.00. The van der Waals surface area contributed by atoms with E-state index in [0.717, 1.165) is 5.75 Å². The molecule has 0 saturated heterocycles. The van der Waals surface area contributed by atoms with Gasteiger partial charge in [-0.05, 0) is 31.2 Å². The molecule has 0 radical (unpaired) electrons. The number of hydrogen-bond donors (Lipinski definition) is 2. The zero-order chi connectivity index (χ0) is 16.5. The van der Waals surface area contributed by atoms with Crippen LogP contribution in [0.2, 0.25) is 5.02 Å². The van der Waals surface area contributed by atoms with E-state index in [0.29, 0.717) is 23.4 Å². The Hall–Kier alpha value is -1.20. The standard InChI is InChI=1S/C18H22ClNO2S/c1-14(13-23-16-7-3-2-4-8-16)20-11-15(21)12-22-18-10-6-5-9-17(18)19/h2-10,14-15,20-21H,11-13H2,1H3. The van der Waals surface area contributed by atoms with Crippen LogP contribution in [-0.4, -0.2) is 36.2 Å². The molecule has 0 saturated carbocycles. The van der Waals surface area contributed by atoms with Crippen LogP contribution in [0.4, 0.5) is 0 Å². The van der Waals surface area contributed by atoms with Crippen molar-refractivity contribution in [2.75, 3.05) is 18.9 Å². The second-order valence-electron chi connectivity index (χ2n) is 5.33. The molecule has 0 spiro atoms. The van der Waals surface area contributed by atoms with Gasteiger partial charge in [0.1, 0.15) is 18.5 Å². The normalized spacial score (nSPS) is 13.5. The zero-order valence-corrected chi connectivity index (χ0v) is 14.7. The molecule has 2 N–H and O–H groups in total. The lowest BCUT2D eigenvalue weighted by atomic mass is 10.3. The van der Waals surface area contributed by atoms with Gasteiger partial charge in [0.05, 0.1) is 5.02 Å². The number of benzene rings is 2. The minimum atomic E-state index is -0.574. The molecule has 0 heterocycles. The molecule has 23 heavy (non-hydrogen) atoms. The zero-order valence-electron chi connectivity index (χ0n) is 13.1. The first kappa shape index (κ1) is 18.1. The summed E-state index contributed by atoms with van der Waals surface area (Å²) in [6.45, 7) is 2.81. The van der Waals surface area contributed by atoms with Crippen LogP contribution in [0.5, 0.6) is 5.75 Å². The molecule has 2 rings (SSSR count). The average Bonchev–Trinajstić information content (AvgIpc) is 2.58. The summed E-state index contributed by atoms with van der Waals surface area (Å²) >= 11 is 7.81. The van der Waals surface area contributed by atoms with Crippen molar-refractivity contribution >= 4 is 23.4 Å². The van der Waals surface area contributed by atoms with Gasteiger partial charge in [-0.25, -0.2) is 0 Å². The highest BCUT2D eigenvalue weighted by Crippen LogP contribution is 2.23. The number of hydrogen-bond acceptors (Lipinski definition) is 4. The number of rotatable bonds is 9. The first-order valence-corrected chi connectivity index (χ1v) is 8.98. The predicted molar refractivity (Wildman–Crippen MR) is 97.6 cm³/mol. The Morgan fingerprint density at radius 2 is 1.83 bits per heavy atom. The summed E-state index contributed by atoms with van der Waals surface area (Å²) in [5.74, 6) is 1.54. The molecule has 124 valence electrons. The topological polar surface area (TPSA) is 41.5 Å². The Balaban J connectivity index is 1.63. The van der Waals surface area contributed by atoms with Crippen LogP contribution in [0.3, 0.4) is 0 Å². The largest absolute Gasteiger partial charge is 0.489 e. The highest BCUT2D eigenvalue weighted by atomic mass is 35.5. The fourth-order valence-electron chi connectivity index (χ4n) is 1.94. The van der Waals surface area contributed by atoms with Crippen molar-refractivity contribution in [3.05, 3.63) is 59.6 Å². The first-order chi connectivity index (χ1) is 11.1. The Bertz CT molecular complexity index is 582. The van der Waals surface area contributed by atoms with Gasteiger partial charge in [0.2, 0.25) is 0 Å². The maximum atomic E-state index is 10.00. The van der Waals surface area contributed by atoms with Gasteiger partial charge in [-0.3, -0.25) is 0 Å². The van der Waals surface area contributed by atoms with Crippen molar-refractivity contribution < 1.29 is 9.84 Å². The fourth-order valence-corrected chi connectivity index (χ4v) is 3.04. The van der Waals surface area contributed by atoms with Crippen LogP contribution in [0, 0.1) is 0 Å². The summed E-state index contributed by atoms with van der Waals surface area (Å²) in [6, 6.07) is 17.9. The molecule has 3 nitrogen and oxygen atoms in total. The Kier molecular flexibility index (Phi) is 7.76. The average molecular weight is 352 g/mol. The van der Waals surface area contributed by atoms with E-state index >= 15 is 0 Å². The van der Waals surface area contributed by atoms with Crippen molar-refractivity contribution in [1.82, 2.24) is 5.32 Å². The van der Waals surface area contributed by atoms with Crippen molar-refractivity contribution in [1.29, 1.82) is 0 Å². The summed E-state index contributed by atoms with van der Waals surface area (Å²) < 4.78 is 5.53. The molecule has 5 heteroatoms. The Morgan fingerprint density at radius 3 is 2.57 bits per heavy atom. The van der Waals surface area contributed by atoms with Gasteiger partial charge >= 0.3 is 0 Å². The molecule has 0 aliphatic carbocycles. The Morgan fingerprint density at radius 1 is 1.13 bits per heavy atom. The Labute approximate surface area is 147 Å². The van der Waals surface area contributed by atoms with E-state index in [2.05, 4.69) is 24.4 Å². The maximum Gasteiger partial charge on any atom is 0.138 e. The van der Waals surface area contributed by atoms with Gasteiger partial charge in [-0.15, -0.1) is 11.8 Å².